The minimum Gasteiger partial charge on any atom is -0.350 e. The molecule has 0 radical (unpaired) electrons. The van der Waals surface area contributed by atoms with E-state index in [4.69, 9.17) is 0 Å². The molecule has 0 unspecified atom stereocenters. The Bertz CT molecular complexity index is 936. The number of nitrogens with one attached hydrogen (secondary N) is 2. The van der Waals surface area contributed by atoms with Gasteiger partial charge in [-0.2, -0.15) is 0 Å². The van der Waals surface area contributed by atoms with E-state index in [-0.39, 0.29) is 18.2 Å². The van der Waals surface area contributed by atoms with Gasteiger partial charge in [-0.25, -0.2) is 4.39 Å². The molecule has 30 heavy (non-hydrogen) atoms. The van der Waals surface area contributed by atoms with Gasteiger partial charge in [0, 0.05) is 24.5 Å². The molecule has 1 aliphatic rings. The maximum absolute atomic E-state index is 13.0. The summed E-state index contributed by atoms with van der Waals surface area (Å²) >= 11 is 0. The topological polar surface area (TPSA) is 83.4 Å². The van der Waals surface area contributed by atoms with Crippen molar-refractivity contribution in [2.45, 2.75) is 38.8 Å². The van der Waals surface area contributed by atoms with Crippen molar-refractivity contribution in [3.63, 3.8) is 0 Å². The SMILES string of the molecule is C[C@@H](CNC(=O)c1cccn(CC(=O)Nc2ccc(F)cc2)c1=O)N1CCCCC1. The van der Waals surface area contributed by atoms with Crippen LogP contribution >= 0.6 is 0 Å². The summed E-state index contributed by atoms with van der Waals surface area (Å²) in [5.74, 6) is -1.30. The van der Waals surface area contributed by atoms with E-state index in [2.05, 4.69) is 22.5 Å². The molecular formula is C22H27FN4O3. The Morgan fingerprint density at radius 3 is 2.50 bits per heavy atom. The highest BCUT2D eigenvalue weighted by molar-refractivity contribution is 5.94. The maximum atomic E-state index is 13.0. The van der Waals surface area contributed by atoms with E-state index in [1.54, 1.807) is 6.07 Å². The van der Waals surface area contributed by atoms with Crippen LogP contribution in [-0.4, -0.2) is 47.0 Å². The minimum atomic E-state index is -0.533. The predicted octanol–water partition coefficient (Wildman–Crippen LogP) is 2.23. The van der Waals surface area contributed by atoms with E-state index in [1.807, 2.05) is 0 Å². The number of piperidine rings is 1. The first-order valence-corrected chi connectivity index (χ1v) is 10.2. The van der Waals surface area contributed by atoms with Crippen molar-refractivity contribution in [2.75, 3.05) is 25.0 Å². The first kappa shape index (κ1) is 21.7. The number of hydrogen-bond acceptors (Lipinski definition) is 4. The molecule has 1 aromatic heterocycles. The summed E-state index contributed by atoms with van der Waals surface area (Å²) in [4.78, 5) is 39.7. The molecule has 3 rings (SSSR count). The number of aromatic nitrogens is 1. The highest BCUT2D eigenvalue weighted by Gasteiger charge is 2.19. The van der Waals surface area contributed by atoms with Crippen molar-refractivity contribution >= 4 is 17.5 Å². The van der Waals surface area contributed by atoms with Crippen LogP contribution in [0.3, 0.4) is 0 Å². The molecule has 1 atom stereocenters. The number of anilines is 1. The fraction of sp³-hybridized carbons (Fsp3) is 0.409. The molecular weight excluding hydrogens is 387 g/mol. The van der Waals surface area contributed by atoms with Crippen molar-refractivity contribution in [1.82, 2.24) is 14.8 Å². The number of rotatable bonds is 7. The minimum absolute atomic E-state index is 0.00192. The molecule has 1 aromatic carbocycles. The van der Waals surface area contributed by atoms with Crippen LogP contribution in [0.4, 0.5) is 10.1 Å². The second-order valence-corrected chi connectivity index (χ2v) is 7.57. The summed E-state index contributed by atoms with van der Waals surface area (Å²) in [5.41, 5.74) is -0.108. The van der Waals surface area contributed by atoms with Gasteiger partial charge in [-0.1, -0.05) is 6.42 Å². The Morgan fingerprint density at radius 2 is 1.80 bits per heavy atom. The molecule has 8 heteroatoms. The first-order chi connectivity index (χ1) is 14.4. The summed E-state index contributed by atoms with van der Waals surface area (Å²) in [6.45, 7) is 4.32. The van der Waals surface area contributed by atoms with Gasteiger partial charge in [0.25, 0.3) is 11.5 Å². The fourth-order valence-electron chi connectivity index (χ4n) is 3.55. The Balaban J connectivity index is 1.59. The van der Waals surface area contributed by atoms with Crippen LogP contribution in [0.5, 0.6) is 0 Å². The Hall–Kier alpha value is -3.00. The van der Waals surface area contributed by atoms with Gasteiger partial charge in [0.1, 0.15) is 17.9 Å². The summed E-state index contributed by atoms with van der Waals surface area (Å²) in [6.07, 6.45) is 5.04. The van der Waals surface area contributed by atoms with Crippen molar-refractivity contribution < 1.29 is 14.0 Å². The van der Waals surface area contributed by atoms with Gasteiger partial charge < -0.3 is 15.2 Å². The Labute approximate surface area is 174 Å². The number of likely N-dealkylation sites (tertiary alicyclic amines) is 1. The lowest BCUT2D eigenvalue weighted by Gasteiger charge is -2.32. The number of amides is 2. The second-order valence-electron chi connectivity index (χ2n) is 7.57. The average molecular weight is 414 g/mol. The van der Waals surface area contributed by atoms with E-state index in [9.17, 15) is 18.8 Å². The lowest BCUT2D eigenvalue weighted by atomic mass is 10.1. The monoisotopic (exact) mass is 414 g/mol. The van der Waals surface area contributed by atoms with Crippen LogP contribution in [0.15, 0.2) is 47.4 Å². The van der Waals surface area contributed by atoms with Crippen molar-refractivity contribution in [1.29, 1.82) is 0 Å². The number of carbonyl (C=O) groups excluding carboxylic acids is 2. The zero-order valence-electron chi connectivity index (χ0n) is 17.1. The first-order valence-electron chi connectivity index (χ1n) is 10.2. The Kier molecular flexibility index (Phi) is 7.35. The number of pyridine rings is 1. The van der Waals surface area contributed by atoms with Crippen molar-refractivity contribution in [3.8, 4) is 0 Å². The number of hydrogen-bond donors (Lipinski definition) is 2. The van der Waals surface area contributed by atoms with Gasteiger partial charge >= 0.3 is 0 Å². The van der Waals surface area contributed by atoms with E-state index in [0.717, 1.165) is 13.1 Å². The third-order valence-corrected chi connectivity index (χ3v) is 5.28. The maximum Gasteiger partial charge on any atom is 0.263 e. The van der Waals surface area contributed by atoms with Gasteiger partial charge in [0.2, 0.25) is 5.91 Å². The van der Waals surface area contributed by atoms with Crippen LogP contribution in [-0.2, 0) is 11.3 Å². The molecule has 0 saturated carbocycles. The van der Waals surface area contributed by atoms with Crippen LogP contribution in [0.1, 0.15) is 36.5 Å². The third-order valence-electron chi connectivity index (χ3n) is 5.28. The standard InChI is InChI=1S/C22H27FN4O3/c1-16(26-11-3-2-4-12-26)14-24-21(29)19-6-5-13-27(22(19)30)15-20(28)25-18-9-7-17(23)8-10-18/h5-10,13,16H,2-4,11-12,14-15H2,1H3,(H,24,29)(H,25,28)/t16-/m0/s1. The molecule has 1 fully saturated rings. The van der Waals surface area contributed by atoms with E-state index < -0.39 is 23.2 Å². The van der Waals surface area contributed by atoms with Gasteiger partial charge in [-0.15, -0.1) is 0 Å². The van der Waals surface area contributed by atoms with E-state index in [1.165, 1.54) is 60.4 Å². The van der Waals surface area contributed by atoms with E-state index in [0.29, 0.717) is 12.2 Å². The average Bonchev–Trinajstić information content (AvgIpc) is 2.75. The lowest BCUT2D eigenvalue weighted by Crippen LogP contribution is -2.45. The summed E-state index contributed by atoms with van der Waals surface area (Å²) in [7, 11) is 0. The molecule has 0 aliphatic carbocycles. The van der Waals surface area contributed by atoms with E-state index >= 15 is 0 Å². The molecule has 2 heterocycles. The highest BCUT2D eigenvalue weighted by Crippen LogP contribution is 2.11. The van der Waals surface area contributed by atoms with Gasteiger partial charge in [0.05, 0.1) is 0 Å². The van der Waals surface area contributed by atoms with Crippen LogP contribution in [0, 0.1) is 5.82 Å². The normalized spacial score (nSPS) is 15.4. The smallest absolute Gasteiger partial charge is 0.263 e. The zero-order chi connectivity index (χ0) is 21.5. The molecule has 2 N–H and O–H groups in total. The largest absolute Gasteiger partial charge is 0.350 e. The number of carbonyl (C=O) groups is 2. The molecule has 1 aliphatic heterocycles. The quantitative estimate of drug-likeness (QED) is 0.728. The molecule has 2 aromatic rings. The summed E-state index contributed by atoms with van der Waals surface area (Å²) < 4.78 is 14.1. The molecule has 160 valence electrons. The summed E-state index contributed by atoms with van der Waals surface area (Å²) in [5, 5.41) is 5.43. The van der Waals surface area contributed by atoms with Crippen LogP contribution in [0.25, 0.3) is 0 Å². The predicted molar refractivity (Wildman–Crippen MR) is 113 cm³/mol. The lowest BCUT2D eigenvalue weighted by molar-refractivity contribution is -0.116. The Morgan fingerprint density at radius 1 is 1.10 bits per heavy atom. The number of nitrogens with zero attached hydrogens (tertiary/aromatic N) is 2. The van der Waals surface area contributed by atoms with Gasteiger partial charge in [-0.05, 0) is 69.3 Å². The zero-order valence-corrected chi connectivity index (χ0v) is 17.1. The molecule has 0 bridgehead atoms. The third kappa shape index (κ3) is 5.76. The van der Waals surface area contributed by atoms with Crippen molar-refractivity contribution in [2.24, 2.45) is 0 Å². The molecule has 2 amide bonds. The molecule has 0 spiro atoms. The number of halogens is 1. The fourth-order valence-corrected chi connectivity index (χ4v) is 3.55. The van der Waals surface area contributed by atoms with Crippen molar-refractivity contribution in [3.05, 3.63) is 64.3 Å². The number of benzene rings is 1. The highest BCUT2D eigenvalue weighted by atomic mass is 19.1. The second kappa shape index (κ2) is 10.2. The van der Waals surface area contributed by atoms with Gasteiger partial charge in [0.15, 0.2) is 0 Å². The summed E-state index contributed by atoms with van der Waals surface area (Å²) in [6, 6.07) is 8.55. The molecule has 7 nitrogen and oxygen atoms in total. The molecule has 1 saturated heterocycles. The van der Waals surface area contributed by atoms with Crippen LogP contribution in [0.2, 0.25) is 0 Å². The van der Waals surface area contributed by atoms with Crippen LogP contribution < -0.4 is 16.2 Å². The van der Waals surface area contributed by atoms with Gasteiger partial charge in [-0.3, -0.25) is 19.3 Å².